The number of rotatable bonds is 6. The topological polar surface area (TPSA) is 69.6 Å². The molecule has 1 aromatic carbocycles. The Kier molecular flexibility index (Phi) is 5.45. The van der Waals surface area contributed by atoms with Gasteiger partial charge in [-0.1, -0.05) is 12.7 Å². The van der Waals surface area contributed by atoms with E-state index in [9.17, 15) is 0 Å². The summed E-state index contributed by atoms with van der Waals surface area (Å²) in [5.74, 6) is 2.21. The van der Waals surface area contributed by atoms with E-state index in [0.29, 0.717) is 19.0 Å². The van der Waals surface area contributed by atoms with Gasteiger partial charge in [-0.2, -0.15) is 0 Å². The maximum Gasteiger partial charge on any atom is 0.188 e. The highest BCUT2D eigenvalue weighted by Crippen LogP contribution is 2.28. The first kappa shape index (κ1) is 18.3. The monoisotopic (exact) mass is 378 g/mol. The van der Waals surface area contributed by atoms with Crippen molar-refractivity contribution in [3.05, 3.63) is 48.7 Å². The van der Waals surface area contributed by atoms with Crippen molar-refractivity contribution in [1.82, 2.24) is 15.0 Å². The van der Waals surface area contributed by atoms with Crippen LogP contribution in [0.15, 0.2) is 43.1 Å². The summed E-state index contributed by atoms with van der Waals surface area (Å²) in [7, 11) is 1.59. The lowest BCUT2D eigenvalue weighted by atomic mass is 10.2. The standard InChI is InChI=1S/C21H22N4O3/c1-3-15-12-18-19(22-13-15)21(25-8-10-27-11-9-25)24-20(23-18)16-4-6-17(7-5-16)28-14-26-2/h3-7,12-13H,1,8-11,14H2,2H3. The average Bonchev–Trinajstić information content (AvgIpc) is 2.77. The van der Waals surface area contributed by atoms with E-state index in [4.69, 9.17) is 24.2 Å². The number of morpholine rings is 1. The van der Waals surface area contributed by atoms with E-state index in [1.54, 1.807) is 19.4 Å². The van der Waals surface area contributed by atoms with Gasteiger partial charge in [-0.25, -0.2) is 9.97 Å². The normalized spacial score (nSPS) is 14.2. The van der Waals surface area contributed by atoms with Gasteiger partial charge in [0.05, 0.1) is 18.7 Å². The van der Waals surface area contributed by atoms with Gasteiger partial charge in [-0.15, -0.1) is 0 Å². The predicted molar refractivity (Wildman–Crippen MR) is 108 cm³/mol. The molecule has 0 N–H and O–H groups in total. The van der Waals surface area contributed by atoms with Crippen LogP contribution in [0.1, 0.15) is 5.56 Å². The molecule has 0 unspecified atom stereocenters. The molecule has 7 nitrogen and oxygen atoms in total. The minimum absolute atomic E-state index is 0.211. The van der Waals surface area contributed by atoms with Gasteiger partial charge in [0.15, 0.2) is 18.4 Å². The Bertz CT molecular complexity index is 969. The van der Waals surface area contributed by atoms with Crippen molar-refractivity contribution in [2.24, 2.45) is 0 Å². The molecule has 3 heterocycles. The second-order valence-corrected chi connectivity index (χ2v) is 6.39. The van der Waals surface area contributed by atoms with Gasteiger partial charge in [0.25, 0.3) is 0 Å². The number of aromatic nitrogens is 3. The fraction of sp³-hybridized carbons (Fsp3) is 0.286. The largest absolute Gasteiger partial charge is 0.468 e. The summed E-state index contributed by atoms with van der Waals surface area (Å²) in [4.78, 5) is 16.4. The zero-order chi connectivity index (χ0) is 19.3. The van der Waals surface area contributed by atoms with E-state index in [1.807, 2.05) is 30.3 Å². The van der Waals surface area contributed by atoms with Crippen molar-refractivity contribution < 1.29 is 14.2 Å². The molecular weight excluding hydrogens is 356 g/mol. The highest BCUT2D eigenvalue weighted by atomic mass is 16.7. The van der Waals surface area contributed by atoms with Crippen molar-refractivity contribution in [2.75, 3.05) is 45.1 Å². The third kappa shape index (κ3) is 3.81. The molecule has 3 aromatic rings. The molecule has 28 heavy (non-hydrogen) atoms. The van der Waals surface area contributed by atoms with Crippen molar-refractivity contribution >= 4 is 22.9 Å². The molecule has 7 heteroatoms. The minimum atomic E-state index is 0.211. The Hall–Kier alpha value is -3.03. The lowest BCUT2D eigenvalue weighted by Crippen LogP contribution is -2.37. The van der Waals surface area contributed by atoms with Gasteiger partial charge in [0.2, 0.25) is 0 Å². The van der Waals surface area contributed by atoms with Crippen LogP contribution in [0.5, 0.6) is 5.75 Å². The van der Waals surface area contributed by atoms with E-state index < -0.39 is 0 Å². The maximum absolute atomic E-state index is 5.49. The van der Waals surface area contributed by atoms with Crippen LogP contribution in [0.4, 0.5) is 5.82 Å². The number of benzene rings is 1. The molecule has 4 rings (SSSR count). The molecule has 0 aliphatic carbocycles. The molecule has 0 amide bonds. The van der Waals surface area contributed by atoms with Gasteiger partial charge in [-0.3, -0.25) is 4.98 Å². The Morgan fingerprint density at radius 1 is 1.18 bits per heavy atom. The molecule has 0 atom stereocenters. The van der Waals surface area contributed by atoms with Crippen LogP contribution in [0.3, 0.4) is 0 Å². The van der Waals surface area contributed by atoms with E-state index in [1.165, 1.54) is 0 Å². The Balaban J connectivity index is 1.78. The summed E-state index contributed by atoms with van der Waals surface area (Å²) in [6.45, 7) is 6.95. The highest BCUT2D eigenvalue weighted by Gasteiger charge is 2.19. The number of anilines is 1. The molecule has 1 aliphatic rings. The predicted octanol–water partition coefficient (Wildman–Crippen LogP) is 3.15. The molecule has 144 valence electrons. The van der Waals surface area contributed by atoms with Crippen LogP contribution < -0.4 is 9.64 Å². The third-order valence-electron chi connectivity index (χ3n) is 4.54. The number of pyridine rings is 1. The van der Waals surface area contributed by atoms with E-state index in [2.05, 4.69) is 16.5 Å². The summed E-state index contributed by atoms with van der Waals surface area (Å²) in [6.07, 6.45) is 3.56. The first-order valence-corrected chi connectivity index (χ1v) is 9.13. The quantitative estimate of drug-likeness (QED) is 0.610. The SMILES string of the molecule is C=Cc1cnc2c(N3CCOCC3)nc(-c3ccc(OCOC)cc3)nc2c1. The number of hydrogen-bond donors (Lipinski definition) is 0. The number of fused-ring (bicyclic) bond motifs is 1. The molecule has 1 fully saturated rings. The molecule has 0 radical (unpaired) electrons. The molecule has 1 aliphatic heterocycles. The van der Waals surface area contributed by atoms with Crippen LogP contribution >= 0.6 is 0 Å². The number of methoxy groups -OCH3 is 1. The van der Waals surface area contributed by atoms with Crippen molar-refractivity contribution in [3.63, 3.8) is 0 Å². The molecule has 2 aromatic heterocycles. The zero-order valence-electron chi connectivity index (χ0n) is 15.8. The summed E-state index contributed by atoms with van der Waals surface area (Å²) in [5, 5.41) is 0. The molecule has 0 bridgehead atoms. The Labute approximate surface area is 163 Å². The molecule has 0 spiro atoms. The average molecular weight is 378 g/mol. The fourth-order valence-electron chi connectivity index (χ4n) is 3.08. The molecule has 1 saturated heterocycles. The van der Waals surface area contributed by atoms with Crippen LogP contribution in [0, 0.1) is 0 Å². The highest BCUT2D eigenvalue weighted by molar-refractivity contribution is 5.88. The van der Waals surface area contributed by atoms with Gasteiger partial charge in [0.1, 0.15) is 11.3 Å². The molecule has 0 saturated carbocycles. The van der Waals surface area contributed by atoms with Crippen molar-refractivity contribution in [3.8, 4) is 17.1 Å². The Morgan fingerprint density at radius 2 is 1.96 bits per heavy atom. The van der Waals surface area contributed by atoms with Crippen LogP contribution in [-0.4, -0.2) is 55.2 Å². The van der Waals surface area contributed by atoms with E-state index in [-0.39, 0.29) is 6.79 Å². The summed E-state index contributed by atoms with van der Waals surface area (Å²) in [5.41, 5.74) is 3.42. The summed E-state index contributed by atoms with van der Waals surface area (Å²) >= 11 is 0. The second-order valence-electron chi connectivity index (χ2n) is 6.39. The first-order valence-electron chi connectivity index (χ1n) is 9.13. The van der Waals surface area contributed by atoms with Crippen LogP contribution in [0.25, 0.3) is 28.5 Å². The van der Waals surface area contributed by atoms with Crippen LogP contribution in [-0.2, 0) is 9.47 Å². The van der Waals surface area contributed by atoms with Gasteiger partial charge >= 0.3 is 0 Å². The van der Waals surface area contributed by atoms with Gasteiger partial charge in [-0.05, 0) is 35.9 Å². The Morgan fingerprint density at radius 3 is 2.68 bits per heavy atom. The van der Waals surface area contributed by atoms with Gasteiger partial charge < -0.3 is 19.1 Å². The van der Waals surface area contributed by atoms with Crippen molar-refractivity contribution in [1.29, 1.82) is 0 Å². The van der Waals surface area contributed by atoms with E-state index >= 15 is 0 Å². The third-order valence-corrected chi connectivity index (χ3v) is 4.54. The maximum atomic E-state index is 5.49. The second kappa shape index (κ2) is 8.33. The smallest absolute Gasteiger partial charge is 0.188 e. The number of ether oxygens (including phenoxy) is 3. The summed E-state index contributed by atoms with van der Waals surface area (Å²) in [6, 6.07) is 9.64. The van der Waals surface area contributed by atoms with Crippen LogP contribution in [0.2, 0.25) is 0 Å². The number of hydrogen-bond acceptors (Lipinski definition) is 7. The molecular formula is C21H22N4O3. The van der Waals surface area contributed by atoms with E-state index in [0.717, 1.165) is 46.8 Å². The summed E-state index contributed by atoms with van der Waals surface area (Å²) < 4.78 is 15.9. The first-order chi connectivity index (χ1) is 13.8. The van der Waals surface area contributed by atoms with Crippen molar-refractivity contribution in [2.45, 2.75) is 0 Å². The fourth-order valence-corrected chi connectivity index (χ4v) is 3.08. The lowest BCUT2D eigenvalue weighted by Gasteiger charge is -2.28. The zero-order valence-corrected chi connectivity index (χ0v) is 15.8. The minimum Gasteiger partial charge on any atom is -0.468 e. The lowest BCUT2D eigenvalue weighted by molar-refractivity contribution is 0.0511. The van der Waals surface area contributed by atoms with Gasteiger partial charge in [0, 0.05) is 32.0 Å². The number of nitrogens with zero attached hydrogens (tertiary/aromatic N) is 4.